The number of halogens is 1. The van der Waals surface area contributed by atoms with Crippen LogP contribution in [0.25, 0.3) is 11.1 Å². The molecule has 0 spiro atoms. The number of rotatable bonds is 6. The van der Waals surface area contributed by atoms with Gasteiger partial charge in [-0.25, -0.2) is 4.98 Å². The summed E-state index contributed by atoms with van der Waals surface area (Å²) in [5.41, 5.74) is 11.0. The number of hydrogen-bond donors (Lipinski definition) is 1. The minimum absolute atomic E-state index is 0.0388. The van der Waals surface area contributed by atoms with Crippen LogP contribution in [0.1, 0.15) is 62.3 Å². The van der Waals surface area contributed by atoms with Gasteiger partial charge in [-0.1, -0.05) is 63.6 Å². The number of aromatic nitrogens is 1. The van der Waals surface area contributed by atoms with E-state index < -0.39 is 11.5 Å². The van der Waals surface area contributed by atoms with Crippen LogP contribution in [0.15, 0.2) is 65.8 Å². The fraction of sp³-hybridized carbons (Fsp3) is 0.387. The Kier molecular flexibility index (Phi) is 7.97. The molecule has 1 heterocycles. The van der Waals surface area contributed by atoms with Crippen molar-refractivity contribution in [2.75, 3.05) is 0 Å². The predicted molar refractivity (Wildman–Crippen MR) is 144 cm³/mol. The normalized spacial score (nSPS) is 20.1. The molecule has 0 saturated carbocycles. The molecule has 0 amide bonds. The summed E-state index contributed by atoms with van der Waals surface area (Å²) in [5.74, 6) is 0.340. The average Bonchev–Trinajstić information content (AvgIpc) is 2.91. The van der Waals surface area contributed by atoms with E-state index in [1.807, 2.05) is 24.3 Å². The number of carbonyl (C=O) groups is 1. The Balaban J connectivity index is 1.90. The molecule has 3 aromatic rings. The van der Waals surface area contributed by atoms with Crippen molar-refractivity contribution in [1.82, 2.24) is 4.98 Å². The largest absolute Gasteiger partial charge is 0.387 e. The SMILES string of the molecule is CCC(C)C(C)C(N)=NC1(C=O)CCc2ccccc2CCCc2ccc(-c3cccnc3F)cc21. The first-order valence-corrected chi connectivity index (χ1v) is 13.0. The molecule has 4 nitrogen and oxygen atoms in total. The lowest BCUT2D eigenvalue weighted by atomic mass is 9.78. The van der Waals surface area contributed by atoms with Gasteiger partial charge in [-0.2, -0.15) is 4.39 Å². The molecule has 36 heavy (non-hydrogen) atoms. The molecule has 0 saturated heterocycles. The third kappa shape index (κ3) is 5.25. The fourth-order valence-electron chi connectivity index (χ4n) is 5.18. The summed E-state index contributed by atoms with van der Waals surface area (Å²) in [6.07, 6.45) is 7.28. The monoisotopic (exact) mass is 485 g/mol. The number of aliphatic imine (C=N–C) groups is 1. The average molecular weight is 486 g/mol. The van der Waals surface area contributed by atoms with Crippen molar-refractivity contribution in [2.24, 2.45) is 22.6 Å². The summed E-state index contributed by atoms with van der Waals surface area (Å²) in [7, 11) is 0. The molecule has 3 unspecified atom stereocenters. The second kappa shape index (κ2) is 11.2. The lowest BCUT2D eigenvalue weighted by Gasteiger charge is -2.31. The molecule has 188 valence electrons. The molecule has 3 atom stereocenters. The van der Waals surface area contributed by atoms with E-state index in [0.29, 0.717) is 35.7 Å². The van der Waals surface area contributed by atoms with Gasteiger partial charge in [0.15, 0.2) is 6.29 Å². The Bertz CT molecular complexity index is 1250. The van der Waals surface area contributed by atoms with Gasteiger partial charge in [0.1, 0.15) is 5.54 Å². The molecule has 0 fully saturated rings. The number of nitrogens with zero attached hydrogens (tertiary/aromatic N) is 2. The molecule has 2 N–H and O–H groups in total. The highest BCUT2D eigenvalue weighted by Gasteiger charge is 2.36. The summed E-state index contributed by atoms with van der Waals surface area (Å²) in [6.45, 7) is 6.36. The van der Waals surface area contributed by atoms with Crippen LogP contribution in [0.3, 0.4) is 0 Å². The Morgan fingerprint density at radius 3 is 2.50 bits per heavy atom. The van der Waals surface area contributed by atoms with E-state index in [0.717, 1.165) is 43.1 Å². The van der Waals surface area contributed by atoms with Crippen LogP contribution in [0.5, 0.6) is 0 Å². The fourth-order valence-corrected chi connectivity index (χ4v) is 5.18. The van der Waals surface area contributed by atoms with E-state index in [1.165, 1.54) is 17.3 Å². The summed E-state index contributed by atoms with van der Waals surface area (Å²) in [4.78, 5) is 21.9. The van der Waals surface area contributed by atoms with Gasteiger partial charge in [-0.15, -0.1) is 0 Å². The molecule has 0 bridgehead atoms. The van der Waals surface area contributed by atoms with E-state index in [2.05, 4.69) is 44.0 Å². The van der Waals surface area contributed by atoms with Crippen molar-refractivity contribution in [2.45, 2.75) is 64.8 Å². The van der Waals surface area contributed by atoms with E-state index >= 15 is 0 Å². The number of aryl methyl sites for hydroxylation is 3. The highest BCUT2D eigenvalue weighted by atomic mass is 19.1. The molecule has 2 aromatic carbocycles. The Morgan fingerprint density at radius 1 is 1.08 bits per heavy atom. The van der Waals surface area contributed by atoms with Crippen molar-refractivity contribution in [1.29, 1.82) is 0 Å². The topological polar surface area (TPSA) is 68.3 Å². The van der Waals surface area contributed by atoms with Gasteiger partial charge in [0.2, 0.25) is 5.95 Å². The number of benzene rings is 2. The number of aldehydes is 1. The molecule has 5 heteroatoms. The summed E-state index contributed by atoms with van der Waals surface area (Å²) in [6, 6.07) is 17.7. The number of nitrogens with two attached hydrogens (primary N) is 1. The second-order valence-electron chi connectivity index (χ2n) is 10.1. The van der Waals surface area contributed by atoms with Crippen LogP contribution in [-0.4, -0.2) is 17.1 Å². The van der Waals surface area contributed by atoms with Gasteiger partial charge in [-0.05, 0) is 84.0 Å². The number of amidine groups is 1. The third-order valence-corrected chi connectivity index (χ3v) is 7.92. The molecular formula is C31H36FN3O. The van der Waals surface area contributed by atoms with Gasteiger partial charge < -0.3 is 10.5 Å². The van der Waals surface area contributed by atoms with Gasteiger partial charge in [0.05, 0.1) is 5.84 Å². The Morgan fingerprint density at radius 2 is 1.81 bits per heavy atom. The Labute approximate surface area is 213 Å². The van der Waals surface area contributed by atoms with E-state index in [1.54, 1.807) is 12.1 Å². The van der Waals surface area contributed by atoms with Crippen LogP contribution >= 0.6 is 0 Å². The maximum Gasteiger partial charge on any atom is 0.220 e. The first kappa shape index (κ1) is 25.7. The first-order valence-electron chi connectivity index (χ1n) is 13.0. The lowest BCUT2D eigenvalue weighted by Crippen LogP contribution is -2.35. The molecule has 0 radical (unpaired) electrons. The van der Waals surface area contributed by atoms with Crippen LogP contribution in [0, 0.1) is 17.8 Å². The maximum atomic E-state index is 14.6. The number of pyridine rings is 1. The molecule has 0 aliphatic heterocycles. The van der Waals surface area contributed by atoms with Gasteiger partial charge >= 0.3 is 0 Å². The Hall–Kier alpha value is -3.34. The van der Waals surface area contributed by atoms with Gasteiger partial charge in [0.25, 0.3) is 0 Å². The van der Waals surface area contributed by atoms with Crippen LogP contribution in [0.4, 0.5) is 4.39 Å². The maximum absolute atomic E-state index is 14.6. The van der Waals surface area contributed by atoms with Crippen molar-refractivity contribution >= 4 is 12.1 Å². The second-order valence-corrected chi connectivity index (χ2v) is 10.1. The molecule has 1 aromatic heterocycles. The smallest absolute Gasteiger partial charge is 0.220 e. The van der Waals surface area contributed by atoms with Crippen molar-refractivity contribution in [3.05, 3.63) is 89.0 Å². The van der Waals surface area contributed by atoms with Gasteiger partial charge in [0, 0.05) is 17.7 Å². The number of carbonyl (C=O) groups excluding carboxylic acids is 1. The van der Waals surface area contributed by atoms with Crippen LogP contribution in [-0.2, 0) is 29.6 Å². The first-order chi connectivity index (χ1) is 17.4. The van der Waals surface area contributed by atoms with Crippen LogP contribution < -0.4 is 5.73 Å². The standard InChI is InChI=1S/C31H36FN3O/c1-4-21(2)22(3)30(33)35-31(20-36)17-16-24-10-6-5-9-23(24)11-7-12-25-14-15-26(19-28(25)31)27-13-8-18-34-29(27)32/h5-6,8-10,13-15,18-22H,4,7,11-12,16-17H2,1-3H3,(H2,33,35). The zero-order valence-electron chi connectivity index (χ0n) is 21.5. The van der Waals surface area contributed by atoms with Crippen molar-refractivity contribution in [3.63, 3.8) is 0 Å². The molecule has 4 rings (SSSR count). The summed E-state index contributed by atoms with van der Waals surface area (Å²) < 4.78 is 14.6. The van der Waals surface area contributed by atoms with E-state index in [4.69, 9.17) is 10.7 Å². The quantitative estimate of drug-likeness (QED) is 0.189. The molecule has 1 aliphatic carbocycles. The van der Waals surface area contributed by atoms with Crippen LogP contribution in [0.2, 0.25) is 0 Å². The van der Waals surface area contributed by atoms with E-state index in [-0.39, 0.29) is 5.92 Å². The highest BCUT2D eigenvalue weighted by Crippen LogP contribution is 2.38. The predicted octanol–water partition coefficient (Wildman–Crippen LogP) is 6.44. The molecular weight excluding hydrogens is 449 g/mol. The summed E-state index contributed by atoms with van der Waals surface area (Å²) >= 11 is 0. The molecule has 1 aliphatic rings. The minimum Gasteiger partial charge on any atom is -0.387 e. The zero-order chi connectivity index (χ0) is 25.7. The van der Waals surface area contributed by atoms with E-state index in [9.17, 15) is 9.18 Å². The number of fused-ring (bicyclic) bond motifs is 2. The summed E-state index contributed by atoms with van der Waals surface area (Å²) in [5, 5.41) is 0. The highest BCUT2D eigenvalue weighted by molar-refractivity contribution is 5.86. The number of hydrogen-bond acceptors (Lipinski definition) is 3. The van der Waals surface area contributed by atoms with Crippen molar-refractivity contribution < 1.29 is 9.18 Å². The van der Waals surface area contributed by atoms with Gasteiger partial charge in [-0.3, -0.25) is 4.99 Å². The minimum atomic E-state index is -1.15. The van der Waals surface area contributed by atoms with Crippen molar-refractivity contribution in [3.8, 4) is 11.1 Å². The zero-order valence-corrected chi connectivity index (χ0v) is 21.5. The lowest BCUT2D eigenvalue weighted by molar-refractivity contribution is -0.112. The third-order valence-electron chi connectivity index (χ3n) is 7.92.